The quantitative estimate of drug-likeness (QED) is 0.855. The van der Waals surface area contributed by atoms with Crippen LogP contribution in [-0.2, 0) is 6.42 Å². The lowest BCUT2D eigenvalue weighted by Crippen LogP contribution is -2.40. The minimum absolute atomic E-state index is 0.692. The molecule has 2 fully saturated rings. The number of thiophene rings is 1. The summed E-state index contributed by atoms with van der Waals surface area (Å²) in [7, 11) is 2.16. The van der Waals surface area contributed by atoms with Crippen LogP contribution in [0, 0.1) is 17.8 Å². The fraction of sp³-hybridized carbons (Fsp3) is 0.765. The van der Waals surface area contributed by atoms with Gasteiger partial charge in [-0.3, -0.25) is 0 Å². The van der Waals surface area contributed by atoms with E-state index in [0.29, 0.717) is 6.04 Å². The third-order valence-corrected chi connectivity index (χ3v) is 6.29. The number of hydrogen-bond acceptors (Lipinski definition) is 2. The topological polar surface area (TPSA) is 12.0 Å². The van der Waals surface area contributed by atoms with Crippen LogP contribution in [-0.4, -0.2) is 13.1 Å². The zero-order valence-electron chi connectivity index (χ0n) is 12.1. The molecule has 2 saturated carbocycles. The number of likely N-dealkylation sites (N-methyl/N-ethyl adjacent to an activating group) is 1. The highest BCUT2D eigenvalue weighted by Gasteiger charge is 2.34. The van der Waals surface area contributed by atoms with Gasteiger partial charge in [-0.1, -0.05) is 25.7 Å². The number of nitrogens with one attached hydrogen (secondary N) is 1. The Morgan fingerprint density at radius 1 is 1.21 bits per heavy atom. The molecule has 0 aliphatic heterocycles. The molecule has 2 aliphatic rings. The Morgan fingerprint density at radius 2 is 2.05 bits per heavy atom. The summed E-state index contributed by atoms with van der Waals surface area (Å²) in [4.78, 5) is 0. The summed E-state index contributed by atoms with van der Waals surface area (Å²) in [6.45, 7) is 0. The summed E-state index contributed by atoms with van der Waals surface area (Å²) in [6, 6.07) is 2.99. The SMILES string of the molecule is CNC(Cc1ccsc1)C1CCC2CCCCC2C1. The standard InChI is InChI=1S/C17H27NS/c1-18-17(10-13-8-9-19-12-13)16-7-6-14-4-2-3-5-15(14)11-16/h8-9,12,14-18H,2-7,10-11H2,1H3. The molecule has 4 atom stereocenters. The molecule has 2 heteroatoms. The highest BCUT2D eigenvalue weighted by molar-refractivity contribution is 7.07. The molecule has 0 aromatic carbocycles. The van der Waals surface area contributed by atoms with Gasteiger partial charge in [-0.05, 0) is 72.9 Å². The van der Waals surface area contributed by atoms with Gasteiger partial charge >= 0.3 is 0 Å². The lowest BCUT2D eigenvalue weighted by atomic mass is 9.65. The Morgan fingerprint density at radius 3 is 2.79 bits per heavy atom. The molecule has 0 spiro atoms. The van der Waals surface area contributed by atoms with Crippen molar-refractivity contribution in [1.82, 2.24) is 5.32 Å². The van der Waals surface area contributed by atoms with Crippen LogP contribution < -0.4 is 5.32 Å². The Bertz CT molecular complexity index is 373. The molecule has 0 amide bonds. The minimum atomic E-state index is 0.692. The Hall–Kier alpha value is -0.340. The van der Waals surface area contributed by atoms with Gasteiger partial charge in [-0.25, -0.2) is 0 Å². The van der Waals surface area contributed by atoms with Gasteiger partial charge in [0.1, 0.15) is 0 Å². The summed E-state index contributed by atoms with van der Waals surface area (Å²) >= 11 is 1.83. The van der Waals surface area contributed by atoms with E-state index in [-0.39, 0.29) is 0 Å². The van der Waals surface area contributed by atoms with Crippen LogP contribution in [0.3, 0.4) is 0 Å². The van der Waals surface area contributed by atoms with Crippen LogP contribution in [0.4, 0.5) is 0 Å². The van der Waals surface area contributed by atoms with E-state index in [0.717, 1.165) is 17.8 Å². The minimum Gasteiger partial charge on any atom is -0.316 e. The number of rotatable bonds is 4. The Labute approximate surface area is 121 Å². The fourth-order valence-corrected chi connectivity index (χ4v) is 5.12. The average Bonchev–Trinajstić information content (AvgIpc) is 2.97. The van der Waals surface area contributed by atoms with Crippen LogP contribution in [0.25, 0.3) is 0 Å². The monoisotopic (exact) mass is 277 g/mol. The third kappa shape index (κ3) is 3.22. The molecular formula is C17H27NS. The first kappa shape index (κ1) is 13.6. The smallest absolute Gasteiger partial charge is 0.0133 e. The zero-order valence-corrected chi connectivity index (χ0v) is 12.9. The van der Waals surface area contributed by atoms with Crippen LogP contribution >= 0.6 is 11.3 Å². The van der Waals surface area contributed by atoms with Crippen molar-refractivity contribution in [3.63, 3.8) is 0 Å². The summed E-state index contributed by atoms with van der Waals surface area (Å²) in [6.07, 6.45) is 11.7. The largest absolute Gasteiger partial charge is 0.316 e. The molecule has 19 heavy (non-hydrogen) atoms. The van der Waals surface area contributed by atoms with Crippen molar-refractivity contribution in [3.05, 3.63) is 22.4 Å². The highest BCUT2D eigenvalue weighted by Crippen LogP contribution is 2.43. The van der Waals surface area contributed by atoms with E-state index in [1.165, 1.54) is 56.9 Å². The fourth-order valence-electron chi connectivity index (χ4n) is 4.44. The van der Waals surface area contributed by atoms with E-state index in [9.17, 15) is 0 Å². The number of fused-ring (bicyclic) bond motifs is 1. The molecule has 1 nitrogen and oxygen atoms in total. The van der Waals surface area contributed by atoms with E-state index >= 15 is 0 Å². The van der Waals surface area contributed by atoms with Crippen molar-refractivity contribution in [3.8, 4) is 0 Å². The molecule has 3 rings (SSSR count). The van der Waals surface area contributed by atoms with Gasteiger partial charge in [0, 0.05) is 6.04 Å². The lowest BCUT2D eigenvalue weighted by Gasteiger charge is -2.42. The lowest BCUT2D eigenvalue weighted by molar-refractivity contribution is 0.111. The molecule has 0 saturated heterocycles. The first-order chi connectivity index (χ1) is 9.36. The van der Waals surface area contributed by atoms with E-state index in [2.05, 4.69) is 29.2 Å². The van der Waals surface area contributed by atoms with Gasteiger partial charge in [0.05, 0.1) is 0 Å². The van der Waals surface area contributed by atoms with Gasteiger partial charge < -0.3 is 5.32 Å². The second-order valence-corrected chi connectivity index (χ2v) is 7.39. The summed E-state index contributed by atoms with van der Waals surface area (Å²) in [5.41, 5.74) is 1.52. The molecule has 2 aliphatic carbocycles. The van der Waals surface area contributed by atoms with Crippen molar-refractivity contribution in [2.75, 3.05) is 7.05 Å². The van der Waals surface area contributed by atoms with E-state index in [4.69, 9.17) is 0 Å². The molecule has 1 N–H and O–H groups in total. The number of hydrogen-bond donors (Lipinski definition) is 1. The van der Waals surface area contributed by atoms with Crippen LogP contribution in [0.1, 0.15) is 50.5 Å². The molecule has 4 unspecified atom stereocenters. The molecule has 1 aromatic rings. The first-order valence-electron chi connectivity index (χ1n) is 8.05. The first-order valence-corrected chi connectivity index (χ1v) is 8.99. The zero-order chi connectivity index (χ0) is 13.1. The Kier molecular flexibility index (Phi) is 4.60. The third-order valence-electron chi connectivity index (χ3n) is 5.56. The normalized spacial score (nSPS) is 32.8. The maximum absolute atomic E-state index is 3.61. The van der Waals surface area contributed by atoms with Gasteiger partial charge in [0.2, 0.25) is 0 Å². The van der Waals surface area contributed by atoms with Crippen LogP contribution in [0.2, 0.25) is 0 Å². The predicted molar refractivity (Wildman–Crippen MR) is 83.7 cm³/mol. The maximum atomic E-state index is 3.61. The van der Waals surface area contributed by atoms with Crippen molar-refractivity contribution in [2.24, 2.45) is 17.8 Å². The Balaban J connectivity index is 1.60. The second kappa shape index (κ2) is 6.41. The van der Waals surface area contributed by atoms with Crippen molar-refractivity contribution in [1.29, 1.82) is 0 Å². The van der Waals surface area contributed by atoms with Crippen molar-refractivity contribution in [2.45, 2.75) is 57.4 Å². The highest BCUT2D eigenvalue weighted by atomic mass is 32.1. The van der Waals surface area contributed by atoms with E-state index < -0.39 is 0 Å². The van der Waals surface area contributed by atoms with Gasteiger partial charge in [0.15, 0.2) is 0 Å². The van der Waals surface area contributed by atoms with Crippen LogP contribution in [0.5, 0.6) is 0 Å². The van der Waals surface area contributed by atoms with Crippen molar-refractivity contribution < 1.29 is 0 Å². The molecule has 1 heterocycles. The van der Waals surface area contributed by atoms with E-state index in [1.54, 1.807) is 0 Å². The summed E-state index contributed by atoms with van der Waals surface area (Å²) < 4.78 is 0. The van der Waals surface area contributed by atoms with Gasteiger partial charge in [-0.15, -0.1) is 0 Å². The molecule has 106 valence electrons. The van der Waals surface area contributed by atoms with Gasteiger partial charge in [0.25, 0.3) is 0 Å². The summed E-state index contributed by atoms with van der Waals surface area (Å²) in [5, 5.41) is 8.13. The predicted octanol–water partition coefficient (Wildman–Crippen LogP) is 4.49. The van der Waals surface area contributed by atoms with Crippen LogP contribution in [0.15, 0.2) is 16.8 Å². The second-order valence-electron chi connectivity index (χ2n) is 6.61. The molecule has 1 aromatic heterocycles. The maximum Gasteiger partial charge on any atom is 0.0133 e. The van der Waals surface area contributed by atoms with Crippen molar-refractivity contribution >= 4 is 11.3 Å². The van der Waals surface area contributed by atoms with E-state index in [1.807, 2.05) is 11.3 Å². The van der Waals surface area contributed by atoms with Gasteiger partial charge in [-0.2, -0.15) is 11.3 Å². The molecular weight excluding hydrogens is 250 g/mol. The molecule has 0 radical (unpaired) electrons. The molecule has 0 bridgehead atoms. The average molecular weight is 277 g/mol. The summed E-state index contributed by atoms with van der Waals surface area (Å²) in [5.74, 6) is 3.03.